The van der Waals surface area contributed by atoms with Crippen molar-refractivity contribution in [2.45, 2.75) is 13.3 Å². The zero-order valence-corrected chi connectivity index (χ0v) is 14.9. The van der Waals surface area contributed by atoms with Crippen LogP contribution in [0.3, 0.4) is 0 Å². The predicted octanol–water partition coefficient (Wildman–Crippen LogP) is 3.17. The third-order valence-corrected chi connectivity index (χ3v) is 3.93. The molecular weight excluding hydrogens is 342 g/mol. The van der Waals surface area contributed by atoms with Crippen molar-refractivity contribution in [3.63, 3.8) is 0 Å². The van der Waals surface area contributed by atoms with E-state index in [9.17, 15) is 9.59 Å². The Kier molecular flexibility index (Phi) is 6.83. The van der Waals surface area contributed by atoms with Crippen LogP contribution >= 0.6 is 11.6 Å². The monoisotopic (exact) mass is 361 g/mol. The van der Waals surface area contributed by atoms with E-state index in [1.807, 2.05) is 31.2 Å². The van der Waals surface area contributed by atoms with Crippen LogP contribution in [-0.2, 0) is 16.0 Å². The molecule has 0 saturated heterocycles. The number of hydrogen-bond acceptors (Lipinski definition) is 4. The standard InChI is InChI=1S/C19H20ClNO4/c1-13-5-3-4-6-14(13)9-10-21-18(22)12-25-19(23)16-11-15(20)7-8-17(16)24-2/h3-8,11H,9-10,12H2,1-2H3,(H,21,22). The van der Waals surface area contributed by atoms with Crippen LogP contribution in [0.25, 0.3) is 0 Å². The smallest absolute Gasteiger partial charge is 0.342 e. The number of nitrogens with one attached hydrogen (secondary N) is 1. The molecule has 132 valence electrons. The highest BCUT2D eigenvalue weighted by molar-refractivity contribution is 6.31. The molecule has 0 aliphatic rings. The number of ether oxygens (including phenoxy) is 2. The lowest BCUT2D eigenvalue weighted by Gasteiger charge is -2.10. The normalized spacial score (nSPS) is 10.2. The van der Waals surface area contributed by atoms with Crippen LogP contribution in [0.1, 0.15) is 21.5 Å². The Balaban J connectivity index is 1.81. The number of methoxy groups -OCH3 is 1. The second-order valence-corrected chi connectivity index (χ2v) is 5.88. The van der Waals surface area contributed by atoms with Crippen molar-refractivity contribution in [1.82, 2.24) is 5.32 Å². The van der Waals surface area contributed by atoms with Crippen LogP contribution in [0.5, 0.6) is 5.75 Å². The summed E-state index contributed by atoms with van der Waals surface area (Å²) in [7, 11) is 1.44. The minimum absolute atomic E-state index is 0.183. The third kappa shape index (κ3) is 5.50. The van der Waals surface area contributed by atoms with E-state index in [0.29, 0.717) is 23.7 Å². The van der Waals surface area contributed by atoms with Crippen molar-refractivity contribution in [2.24, 2.45) is 0 Å². The quantitative estimate of drug-likeness (QED) is 0.769. The van der Waals surface area contributed by atoms with Gasteiger partial charge in [0.25, 0.3) is 5.91 Å². The molecule has 0 atom stereocenters. The van der Waals surface area contributed by atoms with E-state index in [4.69, 9.17) is 21.1 Å². The first-order chi connectivity index (χ1) is 12.0. The summed E-state index contributed by atoms with van der Waals surface area (Å²) >= 11 is 5.88. The molecule has 2 aromatic carbocycles. The van der Waals surface area contributed by atoms with E-state index in [0.717, 1.165) is 0 Å². The van der Waals surface area contributed by atoms with Crippen LogP contribution in [0, 0.1) is 6.92 Å². The Hall–Kier alpha value is -2.53. The maximum atomic E-state index is 12.1. The first kappa shape index (κ1) is 18.8. The van der Waals surface area contributed by atoms with E-state index >= 15 is 0 Å². The maximum absolute atomic E-state index is 12.1. The Labute approximate surface area is 151 Å². The van der Waals surface area contributed by atoms with Gasteiger partial charge in [-0.25, -0.2) is 4.79 Å². The molecular formula is C19H20ClNO4. The lowest BCUT2D eigenvalue weighted by atomic mass is 10.1. The van der Waals surface area contributed by atoms with Gasteiger partial charge in [-0.05, 0) is 42.7 Å². The molecule has 2 aromatic rings. The van der Waals surface area contributed by atoms with Gasteiger partial charge in [0.15, 0.2) is 6.61 Å². The van der Waals surface area contributed by atoms with Gasteiger partial charge < -0.3 is 14.8 Å². The highest BCUT2D eigenvalue weighted by Gasteiger charge is 2.15. The fraction of sp³-hybridized carbons (Fsp3) is 0.263. The van der Waals surface area contributed by atoms with E-state index in [2.05, 4.69) is 5.32 Å². The highest BCUT2D eigenvalue weighted by Crippen LogP contribution is 2.23. The molecule has 0 unspecified atom stereocenters. The van der Waals surface area contributed by atoms with Crippen molar-refractivity contribution in [1.29, 1.82) is 0 Å². The Morgan fingerprint density at radius 1 is 1.16 bits per heavy atom. The number of carbonyl (C=O) groups is 2. The summed E-state index contributed by atoms with van der Waals surface area (Å²) in [6.45, 7) is 2.14. The average molecular weight is 362 g/mol. The zero-order valence-electron chi connectivity index (χ0n) is 14.2. The Bertz CT molecular complexity index is 761. The number of halogens is 1. The van der Waals surface area contributed by atoms with Crippen molar-refractivity contribution in [3.05, 3.63) is 64.2 Å². The number of benzene rings is 2. The summed E-state index contributed by atoms with van der Waals surface area (Å²) < 4.78 is 10.1. The molecule has 1 N–H and O–H groups in total. The first-order valence-corrected chi connectivity index (χ1v) is 8.21. The molecule has 0 radical (unpaired) electrons. The molecule has 0 bridgehead atoms. The van der Waals surface area contributed by atoms with Gasteiger partial charge in [-0.2, -0.15) is 0 Å². The topological polar surface area (TPSA) is 64.6 Å². The number of carbonyl (C=O) groups excluding carboxylic acids is 2. The van der Waals surface area contributed by atoms with Gasteiger partial charge in [-0.3, -0.25) is 4.79 Å². The predicted molar refractivity (Wildman–Crippen MR) is 96.2 cm³/mol. The van der Waals surface area contributed by atoms with Crippen LogP contribution in [0.2, 0.25) is 5.02 Å². The van der Waals surface area contributed by atoms with Crippen molar-refractivity contribution in [3.8, 4) is 5.75 Å². The van der Waals surface area contributed by atoms with Crippen molar-refractivity contribution < 1.29 is 19.1 Å². The summed E-state index contributed by atoms with van der Waals surface area (Å²) in [4.78, 5) is 23.9. The first-order valence-electron chi connectivity index (χ1n) is 7.83. The molecule has 5 nitrogen and oxygen atoms in total. The Morgan fingerprint density at radius 3 is 2.64 bits per heavy atom. The van der Waals surface area contributed by atoms with E-state index in [1.54, 1.807) is 12.1 Å². The van der Waals surface area contributed by atoms with Crippen LogP contribution in [0.4, 0.5) is 0 Å². The van der Waals surface area contributed by atoms with Crippen molar-refractivity contribution in [2.75, 3.05) is 20.3 Å². The molecule has 0 aliphatic carbocycles. The number of esters is 1. The number of aryl methyl sites for hydroxylation is 1. The van der Waals surface area contributed by atoms with E-state index in [-0.39, 0.29) is 18.1 Å². The van der Waals surface area contributed by atoms with Gasteiger partial charge in [0.2, 0.25) is 0 Å². The highest BCUT2D eigenvalue weighted by atomic mass is 35.5. The molecule has 0 spiro atoms. The third-order valence-electron chi connectivity index (χ3n) is 3.69. The summed E-state index contributed by atoms with van der Waals surface area (Å²) in [6, 6.07) is 12.6. The van der Waals surface area contributed by atoms with Gasteiger partial charge in [0.05, 0.1) is 7.11 Å². The second kappa shape index (κ2) is 9.08. The number of rotatable bonds is 7. The minimum Gasteiger partial charge on any atom is -0.496 e. The van der Waals surface area contributed by atoms with E-state index in [1.165, 1.54) is 24.3 Å². The van der Waals surface area contributed by atoms with Crippen LogP contribution in [0.15, 0.2) is 42.5 Å². The van der Waals surface area contributed by atoms with Gasteiger partial charge in [0.1, 0.15) is 11.3 Å². The second-order valence-electron chi connectivity index (χ2n) is 5.45. The van der Waals surface area contributed by atoms with Gasteiger partial charge in [-0.1, -0.05) is 35.9 Å². The van der Waals surface area contributed by atoms with Crippen molar-refractivity contribution >= 4 is 23.5 Å². The fourth-order valence-electron chi connectivity index (χ4n) is 2.33. The number of amides is 1. The molecule has 25 heavy (non-hydrogen) atoms. The van der Waals surface area contributed by atoms with Gasteiger partial charge >= 0.3 is 5.97 Å². The summed E-state index contributed by atoms with van der Waals surface area (Å²) in [6.07, 6.45) is 0.717. The molecule has 6 heteroatoms. The molecule has 0 aromatic heterocycles. The summed E-state index contributed by atoms with van der Waals surface area (Å²) in [5.74, 6) is -0.675. The van der Waals surface area contributed by atoms with Crippen LogP contribution in [-0.4, -0.2) is 32.1 Å². The SMILES string of the molecule is COc1ccc(Cl)cc1C(=O)OCC(=O)NCCc1ccccc1C. The largest absolute Gasteiger partial charge is 0.496 e. The molecule has 0 saturated carbocycles. The molecule has 0 aliphatic heterocycles. The lowest BCUT2D eigenvalue weighted by Crippen LogP contribution is -2.30. The van der Waals surface area contributed by atoms with E-state index < -0.39 is 5.97 Å². The minimum atomic E-state index is -0.659. The number of hydrogen-bond donors (Lipinski definition) is 1. The lowest BCUT2D eigenvalue weighted by molar-refractivity contribution is -0.124. The average Bonchev–Trinajstić information content (AvgIpc) is 2.61. The maximum Gasteiger partial charge on any atom is 0.342 e. The van der Waals surface area contributed by atoms with Gasteiger partial charge in [0, 0.05) is 11.6 Å². The summed E-state index contributed by atoms with van der Waals surface area (Å²) in [5, 5.41) is 3.12. The zero-order chi connectivity index (χ0) is 18.2. The fourth-order valence-corrected chi connectivity index (χ4v) is 2.50. The Morgan fingerprint density at radius 2 is 1.92 bits per heavy atom. The molecule has 2 rings (SSSR count). The van der Waals surface area contributed by atoms with Crippen LogP contribution < -0.4 is 10.1 Å². The molecule has 0 heterocycles. The van der Waals surface area contributed by atoms with Gasteiger partial charge in [-0.15, -0.1) is 0 Å². The molecule has 0 fully saturated rings. The molecule has 1 amide bonds. The summed E-state index contributed by atoms with van der Waals surface area (Å²) in [5.41, 5.74) is 2.53.